The second kappa shape index (κ2) is 5.68. The van der Waals surface area contributed by atoms with Gasteiger partial charge in [0, 0.05) is 12.6 Å². The lowest BCUT2D eigenvalue weighted by molar-refractivity contribution is 0.452. The highest BCUT2D eigenvalue weighted by Crippen LogP contribution is 2.04. The van der Waals surface area contributed by atoms with Gasteiger partial charge < -0.3 is 5.73 Å². The molecule has 0 aromatic carbocycles. The van der Waals surface area contributed by atoms with Gasteiger partial charge in [-0.05, 0) is 11.8 Å². The van der Waals surface area contributed by atoms with Crippen LogP contribution in [0.2, 0.25) is 0 Å². The third-order valence-corrected chi connectivity index (χ3v) is 3.71. The van der Waals surface area contributed by atoms with Crippen molar-refractivity contribution in [2.45, 2.75) is 33.7 Å². The van der Waals surface area contributed by atoms with Gasteiger partial charge in [-0.15, -0.1) is 0 Å². The van der Waals surface area contributed by atoms with Gasteiger partial charge in [-0.25, -0.2) is 13.1 Å². The Morgan fingerprint density at radius 1 is 1.21 bits per heavy atom. The largest absolute Gasteiger partial charge is 0.329 e. The van der Waals surface area contributed by atoms with Gasteiger partial charge in [-0.2, -0.15) is 0 Å². The number of rotatable bonds is 6. The Labute approximate surface area is 87.3 Å². The average Bonchev–Trinajstić information content (AvgIpc) is 1.97. The lowest BCUT2D eigenvalue weighted by atomic mass is 10.1. The van der Waals surface area contributed by atoms with Crippen molar-refractivity contribution in [2.75, 3.05) is 12.3 Å². The smallest absolute Gasteiger partial charge is 0.212 e. The molecule has 1 unspecified atom stereocenters. The summed E-state index contributed by atoms with van der Waals surface area (Å²) in [5, 5.41) is 0. The van der Waals surface area contributed by atoms with Crippen LogP contribution < -0.4 is 10.5 Å². The van der Waals surface area contributed by atoms with E-state index in [9.17, 15) is 8.42 Å². The molecule has 0 saturated carbocycles. The standard InChI is InChI=1S/C9H22N2O2S/c1-7(2)6-14(12,13)11-9(5-10)8(3)4/h7-9,11H,5-6,10H2,1-4H3. The van der Waals surface area contributed by atoms with Gasteiger partial charge >= 0.3 is 0 Å². The zero-order valence-electron chi connectivity index (χ0n) is 9.45. The first kappa shape index (κ1) is 13.9. The molecule has 0 bridgehead atoms. The molecule has 0 rings (SSSR count). The van der Waals surface area contributed by atoms with Crippen molar-refractivity contribution < 1.29 is 8.42 Å². The van der Waals surface area contributed by atoms with Crippen LogP contribution in [0, 0.1) is 11.8 Å². The van der Waals surface area contributed by atoms with Crippen LogP contribution in [-0.4, -0.2) is 26.8 Å². The molecular formula is C9H22N2O2S. The van der Waals surface area contributed by atoms with Crippen molar-refractivity contribution in [3.05, 3.63) is 0 Å². The third-order valence-electron chi connectivity index (χ3n) is 1.94. The quantitative estimate of drug-likeness (QED) is 0.689. The monoisotopic (exact) mass is 222 g/mol. The Morgan fingerprint density at radius 3 is 2.00 bits per heavy atom. The van der Waals surface area contributed by atoms with Crippen molar-refractivity contribution in [1.82, 2.24) is 4.72 Å². The van der Waals surface area contributed by atoms with Gasteiger partial charge in [0.25, 0.3) is 0 Å². The second-order valence-corrected chi connectivity index (χ2v) is 6.18. The molecule has 1 atom stereocenters. The Morgan fingerprint density at radius 2 is 1.71 bits per heavy atom. The summed E-state index contributed by atoms with van der Waals surface area (Å²) in [5.41, 5.74) is 5.48. The van der Waals surface area contributed by atoms with Crippen LogP contribution in [0.4, 0.5) is 0 Å². The van der Waals surface area contributed by atoms with Gasteiger partial charge in [0.05, 0.1) is 5.75 Å². The van der Waals surface area contributed by atoms with Crippen molar-refractivity contribution in [3.63, 3.8) is 0 Å². The van der Waals surface area contributed by atoms with E-state index in [-0.39, 0.29) is 23.6 Å². The van der Waals surface area contributed by atoms with Crippen molar-refractivity contribution >= 4 is 10.0 Å². The predicted molar refractivity (Wildman–Crippen MR) is 59.4 cm³/mol. The third kappa shape index (κ3) is 5.57. The molecule has 0 spiro atoms. The van der Waals surface area contributed by atoms with Crippen LogP contribution in [0.15, 0.2) is 0 Å². The molecule has 0 amide bonds. The maximum absolute atomic E-state index is 11.5. The highest BCUT2D eigenvalue weighted by molar-refractivity contribution is 7.89. The van der Waals surface area contributed by atoms with Crippen LogP contribution in [0.5, 0.6) is 0 Å². The van der Waals surface area contributed by atoms with Crippen LogP contribution in [-0.2, 0) is 10.0 Å². The summed E-state index contributed by atoms with van der Waals surface area (Å²) < 4.78 is 25.7. The molecule has 0 aliphatic heterocycles. The van der Waals surface area contributed by atoms with Crippen molar-refractivity contribution in [1.29, 1.82) is 0 Å². The SMILES string of the molecule is CC(C)CS(=O)(=O)NC(CN)C(C)C. The van der Waals surface area contributed by atoms with Crippen LogP contribution in [0.1, 0.15) is 27.7 Å². The van der Waals surface area contributed by atoms with Crippen molar-refractivity contribution in [3.8, 4) is 0 Å². The van der Waals surface area contributed by atoms with Gasteiger partial charge in [0.15, 0.2) is 0 Å². The number of hydrogen-bond acceptors (Lipinski definition) is 3. The first-order valence-electron chi connectivity index (χ1n) is 4.98. The van der Waals surface area contributed by atoms with E-state index in [1.54, 1.807) is 0 Å². The van der Waals surface area contributed by atoms with E-state index in [4.69, 9.17) is 5.73 Å². The van der Waals surface area contributed by atoms with Gasteiger partial charge in [0.1, 0.15) is 0 Å². The fraction of sp³-hybridized carbons (Fsp3) is 1.00. The van der Waals surface area contributed by atoms with E-state index in [0.29, 0.717) is 6.54 Å². The van der Waals surface area contributed by atoms with E-state index in [1.165, 1.54) is 0 Å². The summed E-state index contributed by atoms with van der Waals surface area (Å²) in [7, 11) is -3.17. The maximum atomic E-state index is 11.5. The van der Waals surface area contributed by atoms with Crippen LogP contribution in [0.3, 0.4) is 0 Å². The normalized spacial score (nSPS) is 15.1. The van der Waals surface area contributed by atoms with Gasteiger partial charge in [-0.1, -0.05) is 27.7 Å². The topological polar surface area (TPSA) is 72.2 Å². The number of hydrogen-bond donors (Lipinski definition) is 2. The summed E-state index contributed by atoms with van der Waals surface area (Å²) in [5.74, 6) is 0.524. The minimum Gasteiger partial charge on any atom is -0.329 e. The average molecular weight is 222 g/mol. The van der Waals surface area contributed by atoms with E-state index in [2.05, 4.69) is 4.72 Å². The lowest BCUT2D eigenvalue weighted by Crippen LogP contribution is -2.45. The maximum Gasteiger partial charge on any atom is 0.212 e. The number of nitrogens with two attached hydrogens (primary N) is 1. The minimum absolute atomic E-state index is 0.137. The molecule has 0 aliphatic carbocycles. The fourth-order valence-corrected chi connectivity index (χ4v) is 2.98. The molecule has 0 radical (unpaired) electrons. The van der Waals surface area contributed by atoms with E-state index >= 15 is 0 Å². The summed E-state index contributed by atoms with van der Waals surface area (Å²) in [6, 6.07) is -0.154. The molecule has 3 N–H and O–H groups in total. The first-order chi connectivity index (χ1) is 6.28. The summed E-state index contributed by atoms with van der Waals surface area (Å²) in [4.78, 5) is 0. The summed E-state index contributed by atoms with van der Waals surface area (Å²) in [6.45, 7) is 8.01. The minimum atomic E-state index is -3.17. The Hall–Kier alpha value is -0.130. The molecule has 5 heteroatoms. The molecule has 86 valence electrons. The number of sulfonamides is 1. The lowest BCUT2D eigenvalue weighted by Gasteiger charge is -2.20. The van der Waals surface area contributed by atoms with Gasteiger partial charge in [0.2, 0.25) is 10.0 Å². The molecule has 0 fully saturated rings. The molecular weight excluding hydrogens is 200 g/mol. The molecule has 14 heavy (non-hydrogen) atoms. The van der Waals surface area contributed by atoms with Gasteiger partial charge in [-0.3, -0.25) is 0 Å². The molecule has 0 aliphatic rings. The zero-order chi connectivity index (χ0) is 11.4. The van der Waals surface area contributed by atoms with E-state index < -0.39 is 10.0 Å². The highest BCUT2D eigenvalue weighted by Gasteiger charge is 2.20. The highest BCUT2D eigenvalue weighted by atomic mass is 32.2. The van der Waals surface area contributed by atoms with Crippen LogP contribution in [0.25, 0.3) is 0 Å². The summed E-state index contributed by atoms with van der Waals surface area (Å²) >= 11 is 0. The molecule has 0 saturated heterocycles. The fourth-order valence-electron chi connectivity index (χ4n) is 1.17. The predicted octanol–water partition coefficient (Wildman–Crippen LogP) is 0.545. The molecule has 0 aromatic heterocycles. The Bertz CT molecular complexity index is 248. The Balaban J connectivity index is 4.33. The van der Waals surface area contributed by atoms with Crippen LogP contribution >= 0.6 is 0 Å². The van der Waals surface area contributed by atoms with E-state index in [0.717, 1.165) is 0 Å². The molecule has 0 aromatic rings. The Kier molecular flexibility index (Phi) is 5.63. The summed E-state index contributed by atoms with van der Waals surface area (Å²) in [6.07, 6.45) is 0. The van der Waals surface area contributed by atoms with Crippen molar-refractivity contribution in [2.24, 2.45) is 17.6 Å². The zero-order valence-corrected chi connectivity index (χ0v) is 10.3. The number of nitrogens with one attached hydrogen (secondary N) is 1. The first-order valence-corrected chi connectivity index (χ1v) is 6.63. The van der Waals surface area contributed by atoms with E-state index in [1.807, 2.05) is 27.7 Å². The second-order valence-electron chi connectivity index (χ2n) is 4.38. The molecule has 4 nitrogen and oxygen atoms in total. The molecule has 0 heterocycles.